The van der Waals surface area contributed by atoms with E-state index in [-0.39, 0.29) is 5.78 Å². The van der Waals surface area contributed by atoms with Gasteiger partial charge in [0.15, 0.2) is 5.78 Å². The van der Waals surface area contributed by atoms with E-state index in [9.17, 15) is 4.79 Å². The van der Waals surface area contributed by atoms with Crippen LogP contribution in [0.3, 0.4) is 0 Å². The van der Waals surface area contributed by atoms with Gasteiger partial charge in [-0.25, -0.2) is 0 Å². The Morgan fingerprint density at radius 2 is 1.86 bits per heavy atom. The lowest BCUT2D eigenvalue weighted by Crippen LogP contribution is -1.91. The van der Waals surface area contributed by atoms with Gasteiger partial charge in [-0.15, -0.1) is 0 Å². The fourth-order valence-electron chi connectivity index (χ4n) is 1.20. The molecule has 80 valence electrons. The van der Waals surface area contributed by atoms with E-state index in [2.05, 4.69) is 13.5 Å². The van der Waals surface area contributed by atoms with Gasteiger partial charge in [-0.3, -0.25) is 4.79 Å². The van der Waals surface area contributed by atoms with E-state index in [0.29, 0.717) is 5.57 Å². The molecule has 14 heavy (non-hydrogen) atoms. The number of rotatable bonds is 8. The van der Waals surface area contributed by atoms with Crippen molar-refractivity contribution in [3.63, 3.8) is 0 Å². The van der Waals surface area contributed by atoms with Crippen LogP contribution in [-0.2, 0) is 4.79 Å². The Morgan fingerprint density at radius 1 is 1.21 bits per heavy atom. The first-order valence-corrected chi connectivity index (χ1v) is 5.55. The van der Waals surface area contributed by atoms with Crippen molar-refractivity contribution in [2.75, 3.05) is 0 Å². The lowest BCUT2D eigenvalue weighted by molar-refractivity contribution is -0.111. The van der Waals surface area contributed by atoms with Crippen LogP contribution in [0.2, 0.25) is 0 Å². The average molecular weight is 194 g/mol. The van der Waals surface area contributed by atoms with Crippen molar-refractivity contribution < 1.29 is 4.79 Å². The summed E-state index contributed by atoms with van der Waals surface area (Å²) in [5.74, 6) is 0.0542. The Bertz CT molecular complexity index is 201. The number of ketones is 1. The zero-order chi connectivity index (χ0) is 10.8. The van der Waals surface area contributed by atoms with Crippen molar-refractivity contribution in [3.05, 3.63) is 24.3 Å². The Balaban J connectivity index is 3.35. The van der Waals surface area contributed by atoms with Crippen molar-refractivity contribution in [1.82, 2.24) is 0 Å². The fourth-order valence-corrected chi connectivity index (χ4v) is 1.20. The molecule has 0 amide bonds. The van der Waals surface area contributed by atoms with Crippen molar-refractivity contribution in [2.24, 2.45) is 0 Å². The molecule has 1 nitrogen and oxygen atoms in total. The second-order valence-electron chi connectivity index (χ2n) is 3.75. The molecule has 0 saturated heterocycles. The molecule has 0 aliphatic heterocycles. The van der Waals surface area contributed by atoms with Crippen LogP contribution < -0.4 is 0 Å². The van der Waals surface area contributed by atoms with Gasteiger partial charge in [0.2, 0.25) is 0 Å². The second kappa shape index (κ2) is 8.74. The van der Waals surface area contributed by atoms with Gasteiger partial charge in [-0.05, 0) is 31.4 Å². The minimum absolute atomic E-state index is 0.0542. The summed E-state index contributed by atoms with van der Waals surface area (Å²) >= 11 is 0. The molecule has 1 heteroatoms. The normalized spacial score (nSPS) is 10.7. The van der Waals surface area contributed by atoms with Crippen LogP contribution in [0.1, 0.15) is 52.4 Å². The molecule has 0 saturated carbocycles. The van der Waals surface area contributed by atoms with E-state index in [1.54, 1.807) is 13.0 Å². The van der Waals surface area contributed by atoms with E-state index in [4.69, 9.17) is 0 Å². The maximum atomic E-state index is 11.1. The number of unbranched alkanes of at least 4 members (excludes halogenated alkanes) is 5. The van der Waals surface area contributed by atoms with Crippen molar-refractivity contribution in [2.45, 2.75) is 52.4 Å². The molecule has 0 N–H and O–H groups in total. The van der Waals surface area contributed by atoms with Gasteiger partial charge in [0, 0.05) is 0 Å². The molecule has 0 atom stereocenters. The van der Waals surface area contributed by atoms with Gasteiger partial charge < -0.3 is 0 Å². The molecular weight excluding hydrogens is 172 g/mol. The van der Waals surface area contributed by atoms with Crippen molar-refractivity contribution in [3.8, 4) is 0 Å². The molecule has 0 aromatic rings. The highest BCUT2D eigenvalue weighted by molar-refractivity contribution is 6.02. The highest BCUT2D eigenvalue weighted by Crippen LogP contribution is 2.05. The van der Waals surface area contributed by atoms with E-state index >= 15 is 0 Å². The lowest BCUT2D eigenvalue weighted by Gasteiger charge is -1.96. The topological polar surface area (TPSA) is 17.1 Å². The molecule has 0 aliphatic carbocycles. The summed E-state index contributed by atoms with van der Waals surface area (Å²) in [6.45, 7) is 7.55. The Morgan fingerprint density at radius 3 is 2.43 bits per heavy atom. The molecule has 0 aromatic carbocycles. The molecule has 0 fully saturated rings. The predicted octanol–water partition coefficient (Wildman–Crippen LogP) is 4.05. The van der Waals surface area contributed by atoms with Crippen molar-refractivity contribution in [1.29, 1.82) is 0 Å². The third kappa shape index (κ3) is 7.78. The molecule has 0 aromatic heterocycles. The van der Waals surface area contributed by atoms with E-state index in [0.717, 1.165) is 6.42 Å². The summed E-state index contributed by atoms with van der Waals surface area (Å²) in [5, 5.41) is 0. The SMILES string of the molecule is C=C(C)C(=O)/C=C/CCCCCCC. The van der Waals surface area contributed by atoms with Crippen LogP contribution in [0.15, 0.2) is 24.3 Å². The number of hydrogen-bond acceptors (Lipinski definition) is 1. The Hall–Kier alpha value is -0.850. The second-order valence-corrected chi connectivity index (χ2v) is 3.75. The standard InChI is InChI=1S/C13H22O/c1-4-5-6-7-8-9-10-11-13(14)12(2)3/h10-11H,2,4-9H2,1,3H3/b11-10+. The summed E-state index contributed by atoms with van der Waals surface area (Å²) in [6.07, 6.45) is 11.0. The van der Waals surface area contributed by atoms with Crippen LogP contribution in [0, 0.1) is 0 Å². The molecule has 0 spiro atoms. The monoisotopic (exact) mass is 194 g/mol. The third-order valence-corrected chi connectivity index (χ3v) is 2.16. The largest absolute Gasteiger partial charge is 0.290 e. The van der Waals surface area contributed by atoms with Gasteiger partial charge in [0.25, 0.3) is 0 Å². The van der Waals surface area contributed by atoms with Gasteiger partial charge in [-0.2, -0.15) is 0 Å². The summed E-state index contributed by atoms with van der Waals surface area (Å²) in [5.41, 5.74) is 0.618. The van der Waals surface area contributed by atoms with Crippen LogP contribution in [-0.4, -0.2) is 5.78 Å². The minimum Gasteiger partial charge on any atom is -0.290 e. The highest BCUT2D eigenvalue weighted by Gasteiger charge is 1.94. The van der Waals surface area contributed by atoms with Crippen LogP contribution >= 0.6 is 0 Å². The maximum Gasteiger partial charge on any atom is 0.180 e. The van der Waals surface area contributed by atoms with E-state index in [1.807, 2.05) is 6.08 Å². The van der Waals surface area contributed by atoms with Crippen molar-refractivity contribution >= 4 is 5.78 Å². The van der Waals surface area contributed by atoms with Crippen LogP contribution in [0.4, 0.5) is 0 Å². The molecule has 0 bridgehead atoms. The zero-order valence-corrected chi connectivity index (χ0v) is 9.51. The molecule has 0 heterocycles. The smallest absolute Gasteiger partial charge is 0.180 e. The first-order chi connectivity index (χ1) is 6.68. The first-order valence-electron chi connectivity index (χ1n) is 5.55. The third-order valence-electron chi connectivity index (χ3n) is 2.16. The molecular formula is C13H22O. The molecule has 0 aliphatic rings. The van der Waals surface area contributed by atoms with Crippen LogP contribution in [0.5, 0.6) is 0 Å². The van der Waals surface area contributed by atoms with E-state index < -0.39 is 0 Å². The average Bonchev–Trinajstić information content (AvgIpc) is 2.16. The summed E-state index contributed by atoms with van der Waals surface area (Å²) < 4.78 is 0. The summed E-state index contributed by atoms with van der Waals surface area (Å²) in [7, 11) is 0. The summed E-state index contributed by atoms with van der Waals surface area (Å²) in [4.78, 5) is 11.1. The van der Waals surface area contributed by atoms with Gasteiger partial charge in [0.1, 0.15) is 0 Å². The number of carbonyl (C=O) groups excluding carboxylic acids is 1. The van der Waals surface area contributed by atoms with Crippen LogP contribution in [0.25, 0.3) is 0 Å². The number of carbonyl (C=O) groups is 1. The predicted molar refractivity (Wildman–Crippen MR) is 62.3 cm³/mol. The highest BCUT2D eigenvalue weighted by atomic mass is 16.1. The number of allylic oxidation sites excluding steroid dienone is 3. The number of hydrogen-bond donors (Lipinski definition) is 0. The molecule has 0 unspecified atom stereocenters. The summed E-state index contributed by atoms with van der Waals surface area (Å²) in [6, 6.07) is 0. The van der Waals surface area contributed by atoms with E-state index in [1.165, 1.54) is 32.1 Å². The molecule has 0 rings (SSSR count). The minimum atomic E-state index is 0.0542. The Kier molecular flexibility index (Phi) is 8.20. The maximum absolute atomic E-state index is 11.1. The zero-order valence-electron chi connectivity index (χ0n) is 9.51. The quantitative estimate of drug-likeness (QED) is 0.421. The molecule has 0 radical (unpaired) electrons. The van der Waals surface area contributed by atoms with Gasteiger partial charge in [0.05, 0.1) is 0 Å². The first kappa shape index (κ1) is 13.2. The van der Waals surface area contributed by atoms with Gasteiger partial charge >= 0.3 is 0 Å². The van der Waals surface area contributed by atoms with Gasteiger partial charge in [-0.1, -0.05) is 45.3 Å². The lowest BCUT2D eigenvalue weighted by atomic mass is 10.1. The fraction of sp³-hybridized carbons (Fsp3) is 0.615. The Labute approximate surface area is 87.9 Å².